The molecule has 2 rings (SSSR count). The molecule has 1 aromatic rings. The Hall–Kier alpha value is -1.26. The van der Waals surface area contributed by atoms with Crippen molar-refractivity contribution in [2.24, 2.45) is 5.73 Å². The number of aromatic amines is 1. The van der Waals surface area contributed by atoms with E-state index < -0.39 is 5.54 Å². The molecule has 1 aromatic heterocycles. The SMILES string of the molecule is CC(N)(C#N)CCCCSc1n[nH]c(=O)n1C1CC1. The maximum atomic E-state index is 11.6. The van der Waals surface area contributed by atoms with E-state index in [1.54, 1.807) is 23.3 Å². The van der Waals surface area contributed by atoms with Gasteiger partial charge in [0.1, 0.15) is 5.54 Å². The molecule has 3 N–H and O–H groups in total. The molecule has 1 aliphatic rings. The number of unbranched alkanes of at least 4 members (excludes halogenated alkanes) is 1. The Morgan fingerprint density at radius 3 is 3.00 bits per heavy atom. The predicted octanol–water partition coefficient (Wildman–Crippen LogP) is 1.41. The average molecular weight is 281 g/mol. The van der Waals surface area contributed by atoms with Crippen molar-refractivity contribution in [1.29, 1.82) is 5.26 Å². The molecular formula is C12H19N5OS. The van der Waals surface area contributed by atoms with Crippen LogP contribution >= 0.6 is 11.8 Å². The third kappa shape index (κ3) is 3.85. The molecule has 0 spiro atoms. The summed E-state index contributed by atoms with van der Waals surface area (Å²) in [5.74, 6) is 0.887. The molecule has 0 bridgehead atoms. The number of hydrogen-bond donors (Lipinski definition) is 2. The Kier molecular flexibility index (Phi) is 4.32. The zero-order chi connectivity index (χ0) is 13.9. The van der Waals surface area contributed by atoms with Gasteiger partial charge in [-0.2, -0.15) is 5.26 Å². The summed E-state index contributed by atoms with van der Waals surface area (Å²) < 4.78 is 1.76. The lowest BCUT2D eigenvalue weighted by Crippen LogP contribution is -2.33. The summed E-state index contributed by atoms with van der Waals surface area (Å²) in [5.41, 5.74) is 4.92. The molecule has 1 unspecified atom stereocenters. The monoisotopic (exact) mass is 281 g/mol. The molecule has 0 saturated heterocycles. The van der Waals surface area contributed by atoms with Gasteiger partial charge in [-0.3, -0.25) is 4.57 Å². The summed E-state index contributed by atoms with van der Waals surface area (Å²) in [5, 5.41) is 16.1. The van der Waals surface area contributed by atoms with E-state index in [1.165, 1.54) is 0 Å². The Labute approximate surface area is 116 Å². The Morgan fingerprint density at radius 1 is 1.63 bits per heavy atom. The number of thioether (sulfide) groups is 1. The van der Waals surface area contributed by atoms with E-state index in [-0.39, 0.29) is 5.69 Å². The fraction of sp³-hybridized carbons (Fsp3) is 0.750. The standard InChI is InChI=1S/C12H19N5OS/c1-12(14,8-13)6-2-3-7-19-11-16-15-10(18)17(11)9-4-5-9/h9H,2-7,14H2,1H3,(H,15,18). The predicted molar refractivity (Wildman–Crippen MR) is 73.9 cm³/mol. The van der Waals surface area contributed by atoms with E-state index >= 15 is 0 Å². The first-order valence-electron chi connectivity index (χ1n) is 6.53. The van der Waals surface area contributed by atoms with Gasteiger partial charge in [-0.05, 0) is 39.0 Å². The van der Waals surface area contributed by atoms with Crippen molar-refractivity contribution in [2.45, 2.75) is 55.8 Å². The van der Waals surface area contributed by atoms with Gasteiger partial charge in [0, 0.05) is 11.8 Å². The van der Waals surface area contributed by atoms with Crippen LogP contribution in [0, 0.1) is 11.3 Å². The van der Waals surface area contributed by atoms with Gasteiger partial charge in [0.05, 0.1) is 6.07 Å². The second-order valence-electron chi connectivity index (χ2n) is 5.25. The first kappa shape index (κ1) is 14.2. The Bertz CT molecular complexity index is 523. The number of H-pyrrole nitrogens is 1. The lowest BCUT2D eigenvalue weighted by Gasteiger charge is -2.14. The zero-order valence-electron chi connectivity index (χ0n) is 11.1. The summed E-state index contributed by atoms with van der Waals surface area (Å²) >= 11 is 1.59. The number of rotatable bonds is 7. The van der Waals surface area contributed by atoms with Gasteiger partial charge in [0.15, 0.2) is 5.16 Å². The van der Waals surface area contributed by atoms with Crippen LogP contribution < -0.4 is 11.4 Å². The summed E-state index contributed by atoms with van der Waals surface area (Å²) in [4.78, 5) is 11.6. The van der Waals surface area contributed by atoms with Gasteiger partial charge in [0.25, 0.3) is 0 Å². The maximum absolute atomic E-state index is 11.6. The van der Waals surface area contributed by atoms with Crippen LogP contribution in [0.25, 0.3) is 0 Å². The molecule has 0 amide bonds. The van der Waals surface area contributed by atoms with Crippen LogP contribution in [0.2, 0.25) is 0 Å². The largest absolute Gasteiger partial charge is 0.344 e. The molecule has 0 radical (unpaired) electrons. The zero-order valence-corrected chi connectivity index (χ0v) is 11.9. The Morgan fingerprint density at radius 2 is 2.37 bits per heavy atom. The van der Waals surface area contributed by atoms with E-state index in [2.05, 4.69) is 16.3 Å². The van der Waals surface area contributed by atoms with Gasteiger partial charge in [-0.15, -0.1) is 5.10 Å². The fourth-order valence-corrected chi connectivity index (χ4v) is 2.87. The summed E-state index contributed by atoms with van der Waals surface area (Å²) in [6, 6.07) is 2.44. The molecule has 0 aliphatic heterocycles. The second kappa shape index (κ2) is 5.80. The van der Waals surface area contributed by atoms with Crippen molar-refractivity contribution in [3.8, 4) is 6.07 Å². The minimum Gasteiger partial charge on any atom is -0.314 e. The highest BCUT2D eigenvalue weighted by Gasteiger charge is 2.28. The Balaban J connectivity index is 1.75. The highest BCUT2D eigenvalue weighted by molar-refractivity contribution is 7.99. The van der Waals surface area contributed by atoms with Crippen LogP contribution in [0.4, 0.5) is 0 Å². The first-order chi connectivity index (χ1) is 9.03. The van der Waals surface area contributed by atoms with Gasteiger partial charge < -0.3 is 5.73 Å². The minimum atomic E-state index is -0.729. The van der Waals surface area contributed by atoms with Crippen LogP contribution in [0.5, 0.6) is 0 Å². The van der Waals surface area contributed by atoms with E-state index in [4.69, 9.17) is 11.0 Å². The molecule has 1 atom stereocenters. The van der Waals surface area contributed by atoms with E-state index in [9.17, 15) is 4.79 Å². The van der Waals surface area contributed by atoms with Crippen LogP contribution in [0.3, 0.4) is 0 Å². The number of aromatic nitrogens is 3. The third-order valence-electron chi connectivity index (χ3n) is 3.16. The molecular weight excluding hydrogens is 262 g/mol. The average Bonchev–Trinajstić information content (AvgIpc) is 3.14. The van der Waals surface area contributed by atoms with Crippen molar-refractivity contribution < 1.29 is 0 Å². The summed E-state index contributed by atoms with van der Waals surface area (Å²) in [7, 11) is 0. The van der Waals surface area contributed by atoms with Gasteiger partial charge >= 0.3 is 5.69 Å². The molecule has 104 valence electrons. The number of hydrogen-bond acceptors (Lipinski definition) is 5. The first-order valence-corrected chi connectivity index (χ1v) is 7.52. The molecule has 1 fully saturated rings. The fourth-order valence-electron chi connectivity index (χ4n) is 1.86. The lowest BCUT2D eigenvalue weighted by atomic mass is 9.99. The number of nitrogens with two attached hydrogens (primary N) is 1. The van der Waals surface area contributed by atoms with Crippen molar-refractivity contribution in [3.63, 3.8) is 0 Å². The number of nitrogens with one attached hydrogen (secondary N) is 1. The topological polar surface area (TPSA) is 100 Å². The van der Waals surface area contributed by atoms with Gasteiger partial charge in [-0.25, -0.2) is 9.89 Å². The van der Waals surface area contributed by atoms with Crippen LogP contribution in [0.15, 0.2) is 9.95 Å². The maximum Gasteiger partial charge on any atom is 0.344 e. The van der Waals surface area contributed by atoms with E-state index in [0.29, 0.717) is 12.5 Å². The summed E-state index contributed by atoms with van der Waals surface area (Å²) in [6.07, 6.45) is 4.71. The normalized spacial score (nSPS) is 17.9. The lowest BCUT2D eigenvalue weighted by molar-refractivity contribution is 0.518. The smallest absolute Gasteiger partial charge is 0.314 e. The molecule has 6 nitrogen and oxygen atoms in total. The van der Waals surface area contributed by atoms with Crippen molar-refractivity contribution in [3.05, 3.63) is 10.5 Å². The van der Waals surface area contributed by atoms with Crippen LogP contribution in [-0.2, 0) is 0 Å². The molecule has 19 heavy (non-hydrogen) atoms. The minimum absolute atomic E-state index is 0.107. The molecule has 1 heterocycles. The summed E-state index contributed by atoms with van der Waals surface area (Å²) in [6.45, 7) is 1.75. The van der Waals surface area contributed by atoms with Gasteiger partial charge in [0.2, 0.25) is 0 Å². The van der Waals surface area contributed by atoms with Crippen LogP contribution in [-0.4, -0.2) is 26.1 Å². The third-order valence-corrected chi connectivity index (χ3v) is 4.20. The van der Waals surface area contributed by atoms with E-state index in [1.807, 2.05) is 0 Å². The van der Waals surface area contributed by atoms with Crippen molar-refractivity contribution in [2.75, 3.05) is 5.75 Å². The molecule has 0 aromatic carbocycles. The van der Waals surface area contributed by atoms with Crippen molar-refractivity contribution in [1.82, 2.24) is 14.8 Å². The molecule has 1 saturated carbocycles. The molecule has 7 heteroatoms. The van der Waals surface area contributed by atoms with E-state index in [0.717, 1.165) is 36.6 Å². The van der Waals surface area contributed by atoms with Gasteiger partial charge in [-0.1, -0.05) is 11.8 Å². The highest BCUT2D eigenvalue weighted by atomic mass is 32.2. The highest BCUT2D eigenvalue weighted by Crippen LogP contribution is 2.36. The second-order valence-corrected chi connectivity index (χ2v) is 6.31. The van der Waals surface area contributed by atoms with Crippen LogP contribution in [0.1, 0.15) is 45.1 Å². The van der Waals surface area contributed by atoms with Crippen molar-refractivity contribution >= 4 is 11.8 Å². The number of nitrogens with zero attached hydrogens (tertiary/aromatic N) is 3. The quantitative estimate of drug-likeness (QED) is 0.581. The number of nitriles is 1. The molecule has 1 aliphatic carbocycles.